The summed E-state index contributed by atoms with van der Waals surface area (Å²) in [5, 5.41) is 6.36. The Bertz CT molecular complexity index is 739. The van der Waals surface area contributed by atoms with E-state index in [0.717, 1.165) is 23.3 Å². The lowest BCUT2D eigenvalue weighted by Gasteiger charge is -2.08. The third kappa shape index (κ3) is 4.67. The van der Waals surface area contributed by atoms with Crippen LogP contribution >= 0.6 is 0 Å². The fourth-order valence-electron chi connectivity index (χ4n) is 2.04. The van der Waals surface area contributed by atoms with Crippen molar-refractivity contribution in [2.45, 2.75) is 13.3 Å². The zero-order valence-electron chi connectivity index (χ0n) is 13.6. The van der Waals surface area contributed by atoms with Crippen LogP contribution in [0.25, 0.3) is 0 Å². The van der Waals surface area contributed by atoms with Crippen LogP contribution in [0.1, 0.15) is 18.1 Å². The number of nitrogens with one attached hydrogen (secondary N) is 2. The predicted molar refractivity (Wildman–Crippen MR) is 93.2 cm³/mol. The molecule has 0 bridgehead atoms. The van der Waals surface area contributed by atoms with Crippen molar-refractivity contribution in [1.82, 2.24) is 5.43 Å². The molecule has 2 amide bonds. The molecule has 0 atom stereocenters. The molecule has 0 spiro atoms. The fourth-order valence-corrected chi connectivity index (χ4v) is 2.04. The summed E-state index contributed by atoms with van der Waals surface area (Å²) in [5.41, 5.74) is 4.56. The van der Waals surface area contributed by atoms with Crippen molar-refractivity contribution in [3.8, 4) is 5.75 Å². The molecule has 0 radical (unpaired) electrons. The van der Waals surface area contributed by atoms with Crippen molar-refractivity contribution >= 4 is 23.7 Å². The lowest BCUT2D eigenvalue weighted by atomic mass is 10.1. The first kappa shape index (κ1) is 17.2. The molecule has 0 unspecified atom stereocenters. The van der Waals surface area contributed by atoms with Gasteiger partial charge in [0.05, 0.1) is 13.3 Å². The smallest absolute Gasteiger partial charge is 0.329 e. The van der Waals surface area contributed by atoms with E-state index in [-0.39, 0.29) is 0 Å². The second-order valence-corrected chi connectivity index (χ2v) is 4.94. The van der Waals surface area contributed by atoms with Gasteiger partial charge in [0.1, 0.15) is 5.75 Å². The minimum atomic E-state index is -0.828. The van der Waals surface area contributed by atoms with Crippen LogP contribution in [0.5, 0.6) is 5.75 Å². The number of aryl methyl sites for hydroxylation is 1. The van der Waals surface area contributed by atoms with Gasteiger partial charge in [-0.05, 0) is 47.9 Å². The molecule has 2 aromatic rings. The van der Waals surface area contributed by atoms with E-state index in [1.807, 2.05) is 19.1 Å². The van der Waals surface area contributed by atoms with Gasteiger partial charge in [-0.3, -0.25) is 9.59 Å². The zero-order valence-corrected chi connectivity index (χ0v) is 13.6. The van der Waals surface area contributed by atoms with E-state index in [0.29, 0.717) is 5.69 Å². The topological polar surface area (TPSA) is 79.8 Å². The Balaban J connectivity index is 1.91. The van der Waals surface area contributed by atoms with Crippen molar-refractivity contribution in [2.75, 3.05) is 12.4 Å². The van der Waals surface area contributed by atoms with Crippen LogP contribution in [0.15, 0.2) is 53.6 Å². The molecule has 24 heavy (non-hydrogen) atoms. The summed E-state index contributed by atoms with van der Waals surface area (Å²) >= 11 is 0. The summed E-state index contributed by atoms with van der Waals surface area (Å²) in [7, 11) is 1.58. The van der Waals surface area contributed by atoms with E-state index in [4.69, 9.17) is 4.74 Å². The summed E-state index contributed by atoms with van der Waals surface area (Å²) in [6.45, 7) is 1.98. The standard InChI is InChI=1S/C18H19N3O3/c1-3-14-6-4-5-7-16(14)20-17(22)18(23)21-19-12-13-8-10-15(24-2)11-9-13/h4-12H,3H2,1-2H3,(H,20,22)(H,21,23)/b19-12-. The van der Waals surface area contributed by atoms with Crippen LogP contribution in [0.2, 0.25) is 0 Å². The van der Waals surface area contributed by atoms with Gasteiger partial charge in [0.25, 0.3) is 0 Å². The lowest BCUT2D eigenvalue weighted by Crippen LogP contribution is -2.32. The molecule has 0 aliphatic rings. The van der Waals surface area contributed by atoms with Gasteiger partial charge in [-0.1, -0.05) is 25.1 Å². The number of hydrogen-bond acceptors (Lipinski definition) is 4. The summed E-state index contributed by atoms with van der Waals surface area (Å²) < 4.78 is 5.05. The second kappa shape index (κ2) is 8.47. The van der Waals surface area contributed by atoms with Gasteiger partial charge in [-0.2, -0.15) is 5.10 Å². The monoisotopic (exact) mass is 325 g/mol. The van der Waals surface area contributed by atoms with Crippen LogP contribution in [0.3, 0.4) is 0 Å². The molecule has 0 saturated carbocycles. The molecule has 0 aromatic heterocycles. The van der Waals surface area contributed by atoms with Crippen LogP contribution in [0, 0.1) is 0 Å². The van der Waals surface area contributed by atoms with E-state index in [9.17, 15) is 9.59 Å². The van der Waals surface area contributed by atoms with Gasteiger partial charge in [0.15, 0.2) is 0 Å². The second-order valence-electron chi connectivity index (χ2n) is 4.94. The predicted octanol–water partition coefficient (Wildman–Crippen LogP) is 2.35. The number of benzene rings is 2. The molecule has 0 saturated heterocycles. The first-order chi connectivity index (χ1) is 11.6. The van der Waals surface area contributed by atoms with Crippen molar-refractivity contribution in [3.05, 3.63) is 59.7 Å². The largest absolute Gasteiger partial charge is 0.497 e. The fraction of sp³-hybridized carbons (Fsp3) is 0.167. The highest BCUT2D eigenvalue weighted by Crippen LogP contribution is 2.15. The average Bonchev–Trinajstić information content (AvgIpc) is 2.62. The molecule has 6 heteroatoms. The minimum Gasteiger partial charge on any atom is -0.497 e. The van der Waals surface area contributed by atoms with Crippen molar-refractivity contribution < 1.29 is 14.3 Å². The maximum Gasteiger partial charge on any atom is 0.329 e. The lowest BCUT2D eigenvalue weighted by molar-refractivity contribution is -0.136. The Morgan fingerprint density at radius 2 is 1.79 bits per heavy atom. The highest BCUT2D eigenvalue weighted by Gasteiger charge is 2.14. The first-order valence-electron chi connectivity index (χ1n) is 7.50. The van der Waals surface area contributed by atoms with E-state index in [2.05, 4.69) is 15.8 Å². The quantitative estimate of drug-likeness (QED) is 0.503. The molecule has 2 rings (SSSR count). The number of rotatable bonds is 5. The molecule has 2 N–H and O–H groups in total. The molecular formula is C18H19N3O3. The van der Waals surface area contributed by atoms with Crippen LogP contribution in [0.4, 0.5) is 5.69 Å². The highest BCUT2D eigenvalue weighted by molar-refractivity contribution is 6.39. The molecule has 0 aliphatic carbocycles. The van der Waals surface area contributed by atoms with Gasteiger partial charge in [-0.25, -0.2) is 5.43 Å². The molecule has 0 aliphatic heterocycles. The normalized spacial score (nSPS) is 10.4. The van der Waals surface area contributed by atoms with E-state index in [1.54, 1.807) is 43.5 Å². The number of hydrazone groups is 1. The molecule has 0 fully saturated rings. The van der Waals surface area contributed by atoms with Crippen LogP contribution < -0.4 is 15.5 Å². The Morgan fingerprint density at radius 1 is 1.08 bits per heavy atom. The van der Waals surface area contributed by atoms with Crippen LogP contribution in [-0.4, -0.2) is 25.1 Å². The van der Waals surface area contributed by atoms with E-state index >= 15 is 0 Å². The number of para-hydroxylation sites is 1. The SMILES string of the molecule is CCc1ccccc1NC(=O)C(=O)N/N=C\c1ccc(OC)cc1. The number of amides is 2. The molecule has 6 nitrogen and oxygen atoms in total. The van der Waals surface area contributed by atoms with Crippen LogP contribution in [-0.2, 0) is 16.0 Å². The molecule has 0 heterocycles. The maximum atomic E-state index is 11.9. The third-order valence-corrected chi connectivity index (χ3v) is 3.35. The van der Waals surface area contributed by atoms with Gasteiger partial charge in [0, 0.05) is 5.69 Å². The number of carbonyl (C=O) groups is 2. The number of methoxy groups -OCH3 is 1. The Morgan fingerprint density at radius 3 is 2.46 bits per heavy atom. The van der Waals surface area contributed by atoms with Gasteiger partial charge in [-0.15, -0.1) is 0 Å². The molecule has 124 valence electrons. The molecular weight excluding hydrogens is 306 g/mol. The zero-order chi connectivity index (χ0) is 17.4. The van der Waals surface area contributed by atoms with Crippen molar-refractivity contribution in [3.63, 3.8) is 0 Å². The summed E-state index contributed by atoms with van der Waals surface area (Å²) in [6.07, 6.45) is 2.21. The van der Waals surface area contributed by atoms with E-state index < -0.39 is 11.8 Å². The Hall–Kier alpha value is -3.15. The number of ether oxygens (including phenoxy) is 1. The highest BCUT2D eigenvalue weighted by atomic mass is 16.5. The number of nitrogens with zero attached hydrogens (tertiary/aromatic N) is 1. The Kier molecular flexibility index (Phi) is 6.08. The van der Waals surface area contributed by atoms with E-state index in [1.165, 1.54) is 6.21 Å². The first-order valence-corrected chi connectivity index (χ1v) is 7.50. The number of carbonyl (C=O) groups excluding carboxylic acids is 2. The summed E-state index contributed by atoms with van der Waals surface area (Å²) in [5.74, 6) is -0.862. The summed E-state index contributed by atoms with van der Waals surface area (Å²) in [6, 6.07) is 14.5. The van der Waals surface area contributed by atoms with Crippen molar-refractivity contribution in [2.24, 2.45) is 5.10 Å². The summed E-state index contributed by atoms with van der Waals surface area (Å²) in [4.78, 5) is 23.7. The third-order valence-electron chi connectivity index (χ3n) is 3.35. The van der Waals surface area contributed by atoms with Gasteiger partial charge < -0.3 is 10.1 Å². The average molecular weight is 325 g/mol. The molecule has 2 aromatic carbocycles. The minimum absolute atomic E-state index is 0.624. The Labute approximate surface area is 140 Å². The maximum absolute atomic E-state index is 11.9. The van der Waals surface area contributed by atoms with Gasteiger partial charge in [0.2, 0.25) is 0 Å². The number of anilines is 1. The number of hydrogen-bond donors (Lipinski definition) is 2. The van der Waals surface area contributed by atoms with Crippen molar-refractivity contribution in [1.29, 1.82) is 0 Å². The van der Waals surface area contributed by atoms with Gasteiger partial charge >= 0.3 is 11.8 Å².